The molecule has 4 nitrogen and oxygen atoms in total. The molecule has 0 aliphatic carbocycles. The third kappa shape index (κ3) is 2.52. The van der Waals surface area contributed by atoms with E-state index in [2.05, 4.69) is 0 Å². The molecule has 0 saturated heterocycles. The van der Waals surface area contributed by atoms with Crippen molar-refractivity contribution >= 4 is 11.4 Å². The smallest absolute Gasteiger partial charge is 0.281 e. The van der Waals surface area contributed by atoms with E-state index in [1.807, 2.05) is 6.92 Å². The summed E-state index contributed by atoms with van der Waals surface area (Å²) >= 11 is 0. The maximum atomic E-state index is 12.8. The molecule has 0 amide bonds. The molecule has 0 bridgehead atoms. The summed E-state index contributed by atoms with van der Waals surface area (Å²) in [5, 5.41) is 10.6. The maximum absolute atomic E-state index is 12.8. The van der Waals surface area contributed by atoms with Gasteiger partial charge in [-0.2, -0.15) is 0 Å². The Morgan fingerprint density at radius 3 is 2.87 bits per heavy atom. The van der Waals surface area contributed by atoms with Gasteiger partial charge in [-0.15, -0.1) is 0 Å². The van der Waals surface area contributed by atoms with Crippen LogP contribution < -0.4 is 5.73 Å². The minimum absolute atomic E-state index is 0.253. The Hall–Kier alpha value is -1.91. The fraction of sp³-hybridized carbons (Fsp3) is 0.200. The Bertz CT molecular complexity index is 416. The number of allylic oxidation sites excluding steroid dienone is 1. The standard InChI is InChI=1S/C10H11FN2O2/c1-2-3-9(12)8-5-4-7(11)6-10(8)13(14)15/h3-6H,2,12H2,1H3/b9-3+. The number of nitrogens with two attached hydrogens (primary N) is 1. The minimum atomic E-state index is -0.644. The van der Waals surface area contributed by atoms with Gasteiger partial charge in [0, 0.05) is 5.70 Å². The van der Waals surface area contributed by atoms with Crippen molar-refractivity contribution in [1.82, 2.24) is 0 Å². The zero-order valence-corrected chi connectivity index (χ0v) is 8.24. The van der Waals surface area contributed by atoms with E-state index in [1.165, 1.54) is 6.07 Å². The van der Waals surface area contributed by atoms with Crippen LogP contribution in [0.15, 0.2) is 24.3 Å². The van der Waals surface area contributed by atoms with Crippen molar-refractivity contribution in [1.29, 1.82) is 0 Å². The molecule has 0 fully saturated rings. The van der Waals surface area contributed by atoms with Crippen LogP contribution in [-0.2, 0) is 0 Å². The highest BCUT2D eigenvalue weighted by molar-refractivity contribution is 5.70. The van der Waals surface area contributed by atoms with Crippen LogP contribution in [0.5, 0.6) is 0 Å². The maximum Gasteiger partial charge on any atom is 0.281 e. The van der Waals surface area contributed by atoms with E-state index in [9.17, 15) is 14.5 Å². The van der Waals surface area contributed by atoms with E-state index >= 15 is 0 Å². The molecule has 80 valence electrons. The molecular formula is C10H11FN2O2. The molecule has 0 unspecified atom stereocenters. The van der Waals surface area contributed by atoms with Gasteiger partial charge in [-0.05, 0) is 18.6 Å². The van der Waals surface area contributed by atoms with Crippen molar-refractivity contribution in [3.8, 4) is 0 Å². The lowest BCUT2D eigenvalue weighted by Crippen LogP contribution is -2.01. The second-order valence-corrected chi connectivity index (χ2v) is 2.99. The largest absolute Gasteiger partial charge is 0.398 e. The van der Waals surface area contributed by atoms with Crippen LogP contribution in [0.4, 0.5) is 10.1 Å². The van der Waals surface area contributed by atoms with Crippen LogP contribution in [0, 0.1) is 15.9 Å². The summed E-state index contributed by atoms with van der Waals surface area (Å²) in [6.45, 7) is 1.86. The fourth-order valence-electron chi connectivity index (χ4n) is 1.23. The molecule has 0 aromatic heterocycles. The highest BCUT2D eigenvalue weighted by Crippen LogP contribution is 2.24. The Balaban J connectivity index is 3.29. The van der Waals surface area contributed by atoms with Crippen molar-refractivity contribution in [3.63, 3.8) is 0 Å². The normalized spacial score (nSPS) is 11.5. The molecule has 0 atom stereocenters. The van der Waals surface area contributed by atoms with E-state index in [1.54, 1.807) is 6.08 Å². The Morgan fingerprint density at radius 2 is 2.33 bits per heavy atom. The first kappa shape index (κ1) is 11.2. The number of nitro groups is 1. The van der Waals surface area contributed by atoms with Gasteiger partial charge >= 0.3 is 0 Å². The predicted octanol–water partition coefficient (Wildman–Crippen LogP) is 2.44. The zero-order valence-electron chi connectivity index (χ0n) is 8.24. The van der Waals surface area contributed by atoms with Gasteiger partial charge in [-0.25, -0.2) is 4.39 Å². The molecule has 5 heteroatoms. The molecule has 0 saturated carbocycles. The predicted molar refractivity (Wildman–Crippen MR) is 55.5 cm³/mol. The van der Waals surface area contributed by atoms with E-state index in [4.69, 9.17) is 5.73 Å². The zero-order chi connectivity index (χ0) is 11.4. The second-order valence-electron chi connectivity index (χ2n) is 2.99. The van der Waals surface area contributed by atoms with Gasteiger partial charge < -0.3 is 5.73 Å². The molecule has 0 radical (unpaired) electrons. The first-order valence-corrected chi connectivity index (χ1v) is 4.46. The SMILES string of the molecule is CC/C=C(/N)c1ccc(F)cc1[N+](=O)[O-]. The lowest BCUT2D eigenvalue weighted by molar-refractivity contribution is -0.385. The van der Waals surface area contributed by atoms with Gasteiger partial charge in [-0.3, -0.25) is 10.1 Å². The highest BCUT2D eigenvalue weighted by Gasteiger charge is 2.15. The van der Waals surface area contributed by atoms with Crippen molar-refractivity contribution < 1.29 is 9.31 Å². The molecule has 0 spiro atoms. The van der Waals surface area contributed by atoms with Crippen molar-refractivity contribution in [3.05, 3.63) is 45.8 Å². The highest BCUT2D eigenvalue weighted by atomic mass is 19.1. The first-order chi connectivity index (χ1) is 7.06. The van der Waals surface area contributed by atoms with E-state index in [0.29, 0.717) is 12.1 Å². The van der Waals surface area contributed by atoms with E-state index < -0.39 is 10.7 Å². The summed E-state index contributed by atoms with van der Waals surface area (Å²) in [5.74, 6) is -0.644. The number of hydrogen-bond acceptors (Lipinski definition) is 3. The summed E-state index contributed by atoms with van der Waals surface area (Å²) < 4.78 is 12.8. The van der Waals surface area contributed by atoms with Gasteiger partial charge in [0.05, 0.1) is 16.6 Å². The van der Waals surface area contributed by atoms with Crippen LogP contribution in [0.3, 0.4) is 0 Å². The van der Waals surface area contributed by atoms with Crippen LogP contribution in [0.2, 0.25) is 0 Å². The number of rotatable bonds is 3. The van der Waals surface area contributed by atoms with Crippen LogP contribution in [0.25, 0.3) is 5.70 Å². The number of nitrogens with zero attached hydrogens (tertiary/aromatic N) is 1. The van der Waals surface area contributed by atoms with Crippen LogP contribution in [0.1, 0.15) is 18.9 Å². The summed E-state index contributed by atoms with van der Waals surface area (Å²) in [6.07, 6.45) is 2.32. The Labute approximate surface area is 86.4 Å². The molecule has 0 aliphatic heterocycles. The average molecular weight is 210 g/mol. The molecule has 1 rings (SSSR count). The Kier molecular flexibility index (Phi) is 3.38. The van der Waals surface area contributed by atoms with Crippen LogP contribution in [-0.4, -0.2) is 4.92 Å². The quantitative estimate of drug-likeness (QED) is 0.615. The lowest BCUT2D eigenvalue weighted by atomic mass is 10.1. The summed E-state index contributed by atoms with van der Waals surface area (Å²) in [6, 6.07) is 3.33. The number of halogens is 1. The average Bonchev–Trinajstić information content (AvgIpc) is 2.17. The van der Waals surface area contributed by atoms with Gasteiger partial charge in [0.15, 0.2) is 0 Å². The van der Waals surface area contributed by atoms with Crippen molar-refractivity contribution in [2.24, 2.45) is 5.73 Å². The van der Waals surface area contributed by atoms with E-state index in [-0.39, 0.29) is 11.3 Å². The molecule has 0 heterocycles. The summed E-state index contributed by atoms with van der Waals surface area (Å²) in [5.41, 5.74) is 5.87. The van der Waals surface area contributed by atoms with Crippen molar-refractivity contribution in [2.75, 3.05) is 0 Å². The molecule has 15 heavy (non-hydrogen) atoms. The second kappa shape index (κ2) is 4.54. The third-order valence-corrected chi connectivity index (χ3v) is 1.89. The monoisotopic (exact) mass is 210 g/mol. The number of hydrogen-bond donors (Lipinski definition) is 1. The number of nitro benzene ring substituents is 1. The fourth-order valence-corrected chi connectivity index (χ4v) is 1.23. The minimum Gasteiger partial charge on any atom is -0.398 e. The summed E-state index contributed by atoms with van der Waals surface area (Å²) in [4.78, 5) is 9.99. The topological polar surface area (TPSA) is 69.2 Å². The van der Waals surface area contributed by atoms with E-state index in [0.717, 1.165) is 12.1 Å². The summed E-state index contributed by atoms with van der Waals surface area (Å²) in [7, 11) is 0. The number of benzene rings is 1. The van der Waals surface area contributed by atoms with Crippen molar-refractivity contribution in [2.45, 2.75) is 13.3 Å². The molecule has 0 aliphatic rings. The van der Waals surface area contributed by atoms with Gasteiger partial charge in [0.25, 0.3) is 5.69 Å². The third-order valence-electron chi connectivity index (χ3n) is 1.89. The van der Waals surface area contributed by atoms with Gasteiger partial charge in [-0.1, -0.05) is 13.0 Å². The molecular weight excluding hydrogens is 199 g/mol. The molecule has 2 N–H and O–H groups in total. The lowest BCUT2D eigenvalue weighted by Gasteiger charge is -2.02. The van der Waals surface area contributed by atoms with Gasteiger partial charge in [0.2, 0.25) is 0 Å². The molecule has 1 aromatic rings. The Morgan fingerprint density at radius 1 is 1.67 bits per heavy atom. The molecule has 1 aromatic carbocycles. The first-order valence-electron chi connectivity index (χ1n) is 4.46. The van der Waals surface area contributed by atoms with Crippen LogP contribution >= 0.6 is 0 Å². The van der Waals surface area contributed by atoms with Gasteiger partial charge in [0.1, 0.15) is 5.82 Å².